The molecule has 1 heterocycles. The van der Waals surface area contributed by atoms with E-state index < -0.39 is 6.09 Å². The van der Waals surface area contributed by atoms with Crippen LogP contribution in [0, 0.1) is 5.92 Å². The van der Waals surface area contributed by atoms with Crippen LogP contribution in [0.4, 0.5) is 4.79 Å². The molecular formula is C18H26N2O3. The minimum Gasteiger partial charge on any atom is -0.445 e. The van der Waals surface area contributed by atoms with Crippen molar-refractivity contribution < 1.29 is 14.3 Å². The second-order valence-corrected chi connectivity index (χ2v) is 6.25. The molecule has 2 rings (SSSR count). The monoisotopic (exact) mass is 318 g/mol. The van der Waals surface area contributed by atoms with Gasteiger partial charge in [0.2, 0.25) is 0 Å². The fourth-order valence-corrected chi connectivity index (χ4v) is 2.87. The van der Waals surface area contributed by atoms with Crippen molar-refractivity contribution in [3.05, 3.63) is 35.9 Å². The summed E-state index contributed by atoms with van der Waals surface area (Å²) in [5, 5.41) is 2.93. The Kier molecular flexibility index (Phi) is 6.59. The molecule has 1 unspecified atom stereocenters. The van der Waals surface area contributed by atoms with Crippen molar-refractivity contribution in [2.24, 2.45) is 5.92 Å². The van der Waals surface area contributed by atoms with Gasteiger partial charge in [-0.25, -0.2) is 4.79 Å². The highest BCUT2D eigenvalue weighted by Gasteiger charge is 2.28. The summed E-state index contributed by atoms with van der Waals surface area (Å²) < 4.78 is 5.28. The molecule has 0 aromatic heterocycles. The smallest absolute Gasteiger partial charge is 0.407 e. The SMILES string of the molecule is CCC[C@@H](CN1CC(=O)C(C)C1)NC(=O)OCc1ccccc1. The van der Waals surface area contributed by atoms with Crippen molar-refractivity contribution in [3.63, 3.8) is 0 Å². The number of hydrogen-bond donors (Lipinski definition) is 1. The van der Waals surface area contributed by atoms with Crippen LogP contribution in [-0.2, 0) is 16.1 Å². The summed E-state index contributed by atoms with van der Waals surface area (Å²) in [4.78, 5) is 25.8. The Morgan fingerprint density at radius 2 is 2.13 bits per heavy atom. The van der Waals surface area contributed by atoms with E-state index in [0.29, 0.717) is 13.1 Å². The molecule has 1 aliphatic rings. The number of likely N-dealkylation sites (tertiary alicyclic amines) is 1. The molecule has 1 fully saturated rings. The number of hydrogen-bond acceptors (Lipinski definition) is 4. The third-order valence-electron chi connectivity index (χ3n) is 4.11. The lowest BCUT2D eigenvalue weighted by atomic mass is 10.1. The van der Waals surface area contributed by atoms with Crippen molar-refractivity contribution in [2.45, 2.75) is 39.3 Å². The summed E-state index contributed by atoms with van der Waals surface area (Å²) in [5.74, 6) is 0.384. The van der Waals surface area contributed by atoms with Gasteiger partial charge in [0.25, 0.3) is 0 Å². The van der Waals surface area contributed by atoms with Gasteiger partial charge in [0, 0.05) is 25.0 Å². The van der Waals surface area contributed by atoms with Crippen molar-refractivity contribution in [1.29, 1.82) is 0 Å². The van der Waals surface area contributed by atoms with Crippen molar-refractivity contribution in [2.75, 3.05) is 19.6 Å². The van der Waals surface area contributed by atoms with Crippen molar-refractivity contribution in [3.8, 4) is 0 Å². The molecule has 0 saturated carbocycles. The number of amides is 1. The first-order valence-electron chi connectivity index (χ1n) is 8.30. The first kappa shape index (κ1) is 17.5. The van der Waals surface area contributed by atoms with Crippen molar-refractivity contribution >= 4 is 11.9 Å². The molecule has 1 aliphatic heterocycles. The zero-order chi connectivity index (χ0) is 16.7. The van der Waals surface area contributed by atoms with E-state index in [1.807, 2.05) is 37.3 Å². The molecule has 1 aromatic rings. The molecule has 0 radical (unpaired) electrons. The Morgan fingerprint density at radius 1 is 1.39 bits per heavy atom. The number of alkyl carbamates (subject to hydrolysis) is 1. The van der Waals surface area contributed by atoms with Crippen LogP contribution in [0.15, 0.2) is 30.3 Å². The Labute approximate surface area is 138 Å². The zero-order valence-corrected chi connectivity index (χ0v) is 14.0. The van der Waals surface area contributed by atoms with Crippen LogP contribution >= 0.6 is 0 Å². The number of Topliss-reactive ketones (excluding diaryl/α,β-unsaturated/α-hetero) is 1. The highest BCUT2D eigenvalue weighted by atomic mass is 16.5. The molecular weight excluding hydrogens is 292 g/mol. The summed E-state index contributed by atoms with van der Waals surface area (Å²) >= 11 is 0. The van der Waals surface area contributed by atoms with Gasteiger partial charge >= 0.3 is 6.09 Å². The molecule has 2 atom stereocenters. The van der Waals surface area contributed by atoms with Gasteiger partial charge in [-0.15, -0.1) is 0 Å². The van der Waals surface area contributed by atoms with E-state index in [1.54, 1.807) is 0 Å². The second-order valence-electron chi connectivity index (χ2n) is 6.25. The third kappa shape index (κ3) is 5.67. The Morgan fingerprint density at radius 3 is 2.74 bits per heavy atom. The molecule has 23 heavy (non-hydrogen) atoms. The van der Waals surface area contributed by atoms with E-state index in [4.69, 9.17) is 4.74 Å². The molecule has 0 aliphatic carbocycles. The number of carbonyl (C=O) groups excluding carboxylic acids is 2. The van der Waals surface area contributed by atoms with Crippen LogP contribution in [0.1, 0.15) is 32.3 Å². The van der Waals surface area contributed by atoms with Crippen LogP contribution < -0.4 is 5.32 Å². The Balaban J connectivity index is 1.79. The maximum Gasteiger partial charge on any atom is 0.407 e. The van der Waals surface area contributed by atoms with Crippen LogP contribution in [0.2, 0.25) is 0 Å². The largest absolute Gasteiger partial charge is 0.445 e. The van der Waals surface area contributed by atoms with E-state index in [1.165, 1.54) is 0 Å². The normalized spacial score (nSPS) is 19.6. The van der Waals surface area contributed by atoms with Crippen molar-refractivity contribution in [1.82, 2.24) is 10.2 Å². The molecule has 5 heteroatoms. The first-order chi connectivity index (χ1) is 11.1. The molecule has 0 bridgehead atoms. The van der Waals surface area contributed by atoms with Crippen LogP contribution in [0.3, 0.4) is 0 Å². The second kappa shape index (κ2) is 8.67. The number of ketones is 1. The van der Waals surface area contributed by atoms with Crippen LogP contribution in [0.25, 0.3) is 0 Å². The molecule has 126 valence electrons. The van der Waals surface area contributed by atoms with Gasteiger partial charge in [-0.2, -0.15) is 0 Å². The number of benzene rings is 1. The highest BCUT2D eigenvalue weighted by Crippen LogP contribution is 2.13. The molecule has 1 aromatic carbocycles. The summed E-state index contributed by atoms with van der Waals surface area (Å²) in [5.41, 5.74) is 0.966. The van der Waals surface area contributed by atoms with Gasteiger partial charge in [-0.1, -0.05) is 50.6 Å². The van der Waals surface area contributed by atoms with Gasteiger partial charge in [-0.3, -0.25) is 9.69 Å². The lowest BCUT2D eigenvalue weighted by Gasteiger charge is -2.23. The Bertz CT molecular complexity index is 518. The summed E-state index contributed by atoms with van der Waals surface area (Å²) in [6, 6.07) is 9.63. The average Bonchev–Trinajstić information content (AvgIpc) is 2.84. The zero-order valence-electron chi connectivity index (χ0n) is 14.0. The fourth-order valence-electron chi connectivity index (χ4n) is 2.87. The summed E-state index contributed by atoms with van der Waals surface area (Å²) in [6.45, 7) is 6.28. The maximum absolute atomic E-state index is 12.0. The van der Waals surface area contributed by atoms with E-state index in [-0.39, 0.29) is 24.3 Å². The number of nitrogens with zero attached hydrogens (tertiary/aromatic N) is 1. The van der Waals surface area contributed by atoms with Crippen LogP contribution in [-0.4, -0.2) is 42.5 Å². The van der Waals surface area contributed by atoms with E-state index in [2.05, 4.69) is 17.1 Å². The highest BCUT2D eigenvalue weighted by molar-refractivity contribution is 5.84. The standard InChI is InChI=1S/C18H26N2O3/c1-3-7-16(11-20-10-14(2)17(21)12-20)19-18(22)23-13-15-8-5-4-6-9-15/h4-6,8-9,14,16H,3,7,10-13H2,1-2H3,(H,19,22)/t14?,16-/m0/s1. The lowest BCUT2D eigenvalue weighted by molar-refractivity contribution is -0.119. The predicted octanol–water partition coefficient (Wildman–Crippen LogP) is 2.60. The van der Waals surface area contributed by atoms with Gasteiger partial charge in [-0.05, 0) is 12.0 Å². The van der Waals surface area contributed by atoms with E-state index in [0.717, 1.165) is 24.9 Å². The van der Waals surface area contributed by atoms with Gasteiger partial charge in [0.1, 0.15) is 6.61 Å². The predicted molar refractivity (Wildman–Crippen MR) is 89.1 cm³/mol. The average molecular weight is 318 g/mol. The molecule has 1 N–H and O–H groups in total. The van der Waals surface area contributed by atoms with Gasteiger partial charge in [0.15, 0.2) is 5.78 Å². The Hall–Kier alpha value is -1.88. The summed E-state index contributed by atoms with van der Waals surface area (Å²) in [6.07, 6.45) is 1.45. The molecule has 0 spiro atoms. The number of nitrogens with one attached hydrogen (secondary N) is 1. The van der Waals surface area contributed by atoms with E-state index >= 15 is 0 Å². The van der Waals surface area contributed by atoms with Gasteiger partial charge < -0.3 is 10.1 Å². The minimum atomic E-state index is -0.397. The van der Waals surface area contributed by atoms with Crippen LogP contribution in [0.5, 0.6) is 0 Å². The maximum atomic E-state index is 12.0. The molecule has 1 amide bonds. The summed E-state index contributed by atoms with van der Waals surface area (Å²) in [7, 11) is 0. The topological polar surface area (TPSA) is 58.6 Å². The number of rotatable bonds is 7. The number of carbonyl (C=O) groups is 2. The molecule has 5 nitrogen and oxygen atoms in total. The molecule has 1 saturated heterocycles. The minimum absolute atomic E-state index is 0.0152. The quantitative estimate of drug-likeness (QED) is 0.839. The fraction of sp³-hybridized carbons (Fsp3) is 0.556. The lowest BCUT2D eigenvalue weighted by Crippen LogP contribution is -2.43. The first-order valence-corrected chi connectivity index (χ1v) is 8.30. The number of ether oxygens (including phenoxy) is 1. The van der Waals surface area contributed by atoms with E-state index in [9.17, 15) is 9.59 Å². The third-order valence-corrected chi connectivity index (χ3v) is 4.11. The van der Waals surface area contributed by atoms with Gasteiger partial charge in [0.05, 0.1) is 6.54 Å².